The molecular weight excluding hydrogens is 280 g/mol. The molecule has 1 unspecified atom stereocenters. The smallest absolute Gasteiger partial charge is 0.130 e. The first-order chi connectivity index (χ1) is 10.4. The molecule has 114 valence electrons. The molecule has 1 aromatic rings. The van der Waals surface area contributed by atoms with E-state index in [2.05, 4.69) is 32.2 Å². The topological polar surface area (TPSA) is 12.0 Å². The van der Waals surface area contributed by atoms with Gasteiger partial charge in [-0.05, 0) is 56.9 Å². The number of rotatable bonds is 0. The summed E-state index contributed by atoms with van der Waals surface area (Å²) in [4.78, 5) is 0. The zero-order valence-electron chi connectivity index (χ0n) is 13.1. The fourth-order valence-electron chi connectivity index (χ4n) is 4.16. The van der Waals surface area contributed by atoms with Crippen molar-refractivity contribution in [1.82, 2.24) is 5.32 Å². The number of hydrogen-bond donors (Lipinski definition) is 1. The first-order valence-electron chi connectivity index (χ1n) is 7.74. The van der Waals surface area contributed by atoms with Gasteiger partial charge in [-0.25, -0.2) is 8.78 Å². The second-order valence-electron chi connectivity index (χ2n) is 7.14. The van der Waals surface area contributed by atoms with Crippen LogP contribution in [0.1, 0.15) is 50.7 Å². The average Bonchev–Trinajstić information content (AvgIpc) is 2.79. The second kappa shape index (κ2) is 4.31. The minimum absolute atomic E-state index is 0.0290. The van der Waals surface area contributed by atoms with Gasteiger partial charge in [0.2, 0.25) is 0 Å². The standard InChI is InChI=1S/C19H19F2N/c1-10-9-19(2,3)22-17-8-13-11(6-12(10)17)7-14-15(20)4-5-16(21)18(13)14/h4-5,7,9,13,22H,6,8H2,1-3H3. The second-order valence-corrected chi connectivity index (χ2v) is 7.14. The van der Waals surface area contributed by atoms with Gasteiger partial charge in [0.1, 0.15) is 11.6 Å². The summed E-state index contributed by atoms with van der Waals surface area (Å²) in [7, 11) is 0. The SMILES string of the molecule is CC1=CC(C)(C)NC2=C1CC1=Cc3c(F)ccc(F)c3C1C2. The van der Waals surface area contributed by atoms with Crippen molar-refractivity contribution in [2.75, 3.05) is 0 Å². The van der Waals surface area contributed by atoms with Crippen LogP contribution in [0.2, 0.25) is 0 Å². The van der Waals surface area contributed by atoms with E-state index >= 15 is 0 Å². The molecule has 1 aliphatic heterocycles. The van der Waals surface area contributed by atoms with Crippen molar-refractivity contribution < 1.29 is 8.78 Å². The van der Waals surface area contributed by atoms with E-state index in [4.69, 9.17) is 0 Å². The Kier molecular flexibility index (Phi) is 2.69. The van der Waals surface area contributed by atoms with Crippen LogP contribution in [-0.2, 0) is 0 Å². The largest absolute Gasteiger partial charge is 0.380 e. The lowest BCUT2D eigenvalue weighted by atomic mass is 9.76. The summed E-state index contributed by atoms with van der Waals surface area (Å²) in [5.74, 6) is -0.644. The first-order valence-corrected chi connectivity index (χ1v) is 7.74. The van der Waals surface area contributed by atoms with Crippen LogP contribution in [0.5, 0.6) is 0 Å². The number of nitrogens with one attached hydrogen (secondary N) is 1. The predicted octanol–water partition coefficient (Wildman–Crippen LogP) is 4.82. The van der Waals surface area contributed by atoms with Crippen LogP contribution in [0.25, 0.3) is 6.08 Å². The Balaban J connectivity index is 1.80. The summed E-state index contributed by atoms with van der Waals surface area (Å²) in [6.45, 7) is 6.39. The highest BCUT2D eigenvalue weighted by Gasteiger charge is 2.37. The Morgan fingerprint density at radius 1 is 1.18 bits per heavy atom. The number of fused-ring (bicyclic) bond motifs is 3. The third kappa shape index (κ3) is 1.88. The molecular formula is C19H19F2N. The van der Waals surface area contributed by atoms with Gasteiger partial charge in [-0.15, -0.1) is 0 Å². The number of hydrogen-bond acceptors (Lipinski definition) is 1. The molecule has 1 aromatic carbocycles. The molecule has 0 aromatic heterocycles. The van der Waals surface area contributed by atoms with E-state index in [9.17, 15) is 8.78 Å². The minimum atomic E-state index is -0.322. The van der Waals surface area contributed by atoms with Gasteiger partial charge in [0.25, 0.3) is 0 Å². The molecule has 1 nitrogen and oxygen atoms in total. The van der Waals surface area contributed by atoms with Crippen molar-refractivity contribution >= 4 is 6.08 Å². The van der Waals surface area contributed by atoms with E-state index in [1.165, 1.54) is 29.0 Å². The maximum absolute atomic E-state index is 14.2. The van der Waals surface area contributed by atoms with Crippen LogP contribution >= 0.6 is 0 Å². The highest BCUT2D eigenvalue weighted by molar-refractivity contribution is 5.70. The van der Waals surface area contributed by atoms with Gasteiger partial charge in [0, 0.05) is 22.7 Å². The van der Waals surface area contributed by atoms with Crippen molar-refractivity contribution in [1.29, 1.82) is 0 Å². The number of dihydropyridines is 1. The Bertz CT molecular complexity index is 781. The maximum Gasteiger partial charge on any atom is 0.130 e. The van der Waals surface area contributed by atoms with Crippen molar-refractivity contribution in [3.05, 3.63) is 63.4 Å². The summed E-state index contributed by atoms with van der Waals surface area (Å²) in [5.41, 5.74) is 5.77. The zero-order valence-corrected chi connectivity index (χ0v) is 13.1. The normalized spacial score (nSPS) is 24.9. The molecule has 1 heterocycles. The van der Waals surface area contributed by atoms with Gasteiger partial charge < -0.3 is 5.32 Å². The Morgan fingerprint density at radius 3 is 2.68 bits per heavy atom. The van der Waals surface area contributed by atoms with E-state index in [1.54, 1.807) is 0 Å². The van der Waals surface area contributed by atoms with Crippen LogP contribution in [-0.4, -0.2) is 5.54 Å². The highest BCUT2D eigenvalue weighted by atomic mass is 19.1. The Morgan fingerprint density at radius 2 is 1.91 bits per heavy atom. The summed E-state index contributed by atoms with van der Waals surface area (Å²) in [6, 6.07) is 2.47. The van der Waals surface area contributed by atoms with E-state index in [0.29, 0.717) is 11.1 Å². The lowest BCUT2D eigenvalue weighted by Gasteiger charge is -2.38. The van der Waals surface area contributed by atoms with Crippen LogP contribution in [0, 0.1) is 11.6 Å². The third-order valence-corrected chi connectivity index (χ3v) is 4.99. The minimum Gasteiger partial charge on any atom is -0.380 e. The molecule has 3 aliphatic rings. The molecule has 0 spiro atoms. The quantitative estimate of drug-likeness (QED) is 0.724. The van der Waals surface area contributed by atoms with Gasteiger partial charge >= 0.3 is 0 Å². The lowest BCUT2D eigenvalue weighted by molar-refractivity contribution is 0.479. The van der Waals surface area contributed by atoms with Gasteiger partial charge in [-0.1, -0.05) is 17.7 Å². The first kappa shape index (κ1) is 13.7. The molecule has 1 N–H and O–H groups in total. The van der Waals surface area contributed by atoms with Crippen molar-refractivity contribution in [2.24, 2.45) is 0 Å². The molecule has 0 fully saturated rings. The van der Waals surface area contributed by atoms with Gasteiger partial charge in [-0.2, -0.15) is 0 Å². The van der Waals surface area contributed by atoms with Crippen molar-refractivity contribution in [3.8, 4) is 0 Å². The fraction of sp³-hybridized carbons (Fsp3) is 0.368. The zero-order chi connectivity index (χ0) is 15.6. The molecule has 3 heteroatoms. The number of benzene rings is 1. The summed E-state index contributed by atoms with van der Waals surface area (Å²) < 4.78 is 28.3. The monoisotopic (exact) mass is 299 g/mol. The molecule has 0 saturated carbocycles. The molecule has 22 heavy (non-hydrogen) atoms. The molecule has 2 aliphatic carbocycles. The van der Waals surface area contributed by atoms with Gasteiger partial charge in [0.15, 0.2) is 0 Å². The van der Waals surface area contributed by atoms with Crippen molar-refractivity contribution in [2.45, 2.75) is 45.1 Å². The molecule has 0 radical (unpaired) electrons. The van der Waals surface area contributed by atoms with Gasteiger partial charge in [0.05, 0.1) is 5.54 Å². The molecule has 4 rings (SSSR count). The van der Waals surface area contributed by atoms with Crippen LogP contribution in [0.3, 0.4) is 0 Å². The molecule has 0 saturated heterocycles. The fourth-order valence-corrected chi connectivity index (χ4v) is 4.16. The molecule has 0 bridgehead atoms. The van der Waals surface area contributed by atoms with Crippen LogP contribution in [0.15, 0.2) is 40.6 Å². The van der Waals surface area contributed by atoms with Gasteiger partial charge in [-0.3, -0.25) is 0 Å². The van der Waals surface area contributed by atoms with E-state index in [1.807, 2.05) is 6.08 Å². The highest BCUT2D eigenvalue weighted by Crippen LogP contribution is 2.50. The Hall–Kier alpha value is -1.90. The van der Waals surface area contributed by atoms with Crippen LogP contribution in [0.4, 0.5) is 8.78 Å². The van der Waals surface area contributed by atoms with Crippen LogP contribution < -0.4 is 5.32 Å². The summed E-state index contributed by atoms with van der Waals surface area (Å²) in [6.07, 6.45) is 5.59. The van der Waals surface area contributed by atoms with E-state index in [-0.39, 0.29) is 23.1 Å². The lowest BCUT2D eigenvalue weighted by Crippen LogP contribution is -2.41. The van der Waals surface area contributed by atoms with Crippen molar-refractivity contribution in [3.63, 3.8) is 0 Å². The third-order valence-electron chi connectivity index (χ3n) is 4.99. The average molecular weight is 299 g/mol. The Labute approximate surface area is 129 Å². The number of halogens is 2. The van der Waals surface area contributed by atoms with E-state index < -0.39 is 0 Å². The molecule has 0 amide bonds. The molecule has 1 atom stereocenters. The maximum atomic E-state index is 14.2. The number of allylic oxidation sites excluding steroid dienone is 4. The summed E-state index contributed by atoms with van der Waals surface area (Å²) in [5, 5.41) is 3.56. The summed E-state index contributed by atoms with van der Waals surface area (Å²) >= 11 is 0. The van der Waals surface area contributed by atoms with E-state index in [0.717, 1.165) is 18.4 Å². The predicted molar refractivity (Wildman–Crippen MR) is 84.3 cm³/mol.